The number of aryl methyl sites for hydroxylation is 1. The fraction of sp³-hybridized carbons (Fsp3) is 0.733. The highest BCUT2D eigenvalue weighted by Gasteiger charge is 2.21. The molecular weight excluding hydrogens is 286 g/mol. The van der Waals surface area contributed by atoms with E-state index in [0.717, 1.165) is 42.8 Å². The van der Waals surface area contributed by atoms with Crippen LogP contribution in [0.25, 0.3) is 0 Å². The van der Waals surface area contributed by atoms with Gasteiger partial charge in [0.15, 0.2) is 0 Å². The third-order valence-electron chi connectivity index (χ3n) is 3.95. The molecule has 3 atom stereocenters. The van der Waals surface area contributed by atoms with E-state index in [-0.39, 0.29) is 18.2 Å². The third-order valence-corrected chi connectivity index (χ3v) is 5.03. The monoisotopic (exact) mass is 311 g/mol. The summed E-state index contributed by atoms with van der Waals surface area (Å²) in [5.74, 6) is 0.390. The molecule has 1 saturated carbocycles. The molecule has 0 radical (unpaired) electrons. The molecule has 1 fully saturated rings. The van der Waals surface area contributed by atoms with E-state index in [1.54, 1.807) is 11.3 Å². The predicted octanol–water partition coefficient (Wildman–Crippen LogP) is 2.75. The Hall–Kier alpha value is -1.14. The quantitative estimate of drug-likeness (QED) is 0.783. The van der Waals surface area contributed by atoms with Crippen molar-refractivity contribution in [3.8, 4) is 0 Å². The molecule has 1 aliphatic carbocycles. The van der Waals surface area contributed by atoms with Gasteiger partial charge in [-0.05, 0) is 38.5 Å². The SMILES string of the molecule is CCC(NC(=O)NCC1CCCC(O)C1)c1nc(C)cs1. The highest BCUT2D eigenvalue weighted by molar-refractivity contribution is 7.09. The van der Waals surface area contributed by atoms with Crippen molar-refractivity contribution in [1.29, 1.82) is 0 Å². The normalized spacial score (nSPS) is 23.6. The minimum absolute atomic E-state index is 0.0272. The number of thiazole rings is 1. The summed E-state index contributed by atoms with van der Waals surface area (Å²) in [6.07, 6.45) is 4.44. The lowest BCUT2D eigenvalue weighted by Crippen LogP contribution is -2.41. The van der Waals surface area contributed by atoms with Crippen LogP contribution < -0.4 is 10.6 Å². The van der Waals surface area contributed by atoms with Crippen LogP contribution in [0.4, 0.5) is 4.79 Å². The Kier molecular flexibility index (Phi) is 5.99. The number of nitrogens with one attached hydrogen (secondary N) is 2. The van der Waals surface area contributed by atoms with Gasteiger partial charge in [0, 0.05) is 17.6 Å². The molecule has 0 saturated heterocycles. The largest absolute Gasteiger partial charge is 0.393 e. The molecule has 6 heteroatoms. The van der Waals surface area contributed by atoms with Gasteiger partial charge in [0.05, 0.1) is 12.1 Å². The van der Waals surface area contributed by atoms with Crippen molar-refractivity contribution in [3.63, 3.8) is 0 Å². The van der Waals surface area contributed by atoms with Crippen molar-refractivity contribution in [2.75, 3.05) is 6.54 Å². The van der Waals surface area contributed by atoms with Crippen LogP contribution in [-0.2, 0) is 0 Å². The second-order valence-corrected chi connectivity index (χ2v) is 6.72. The van der Waals surface area contributed by atoms with Crippen LogP contribution in [-0.4, -0.2) is 28.8 Å². The van der Waals surface area contributed by atoms with E-state index in [0.29, 0.717) is 12.5 Å². The zero-order valence-corrected chi connectivity index (χ0v) is 13.6. The lowest BCUT2D eigenvalue weighted by Gasteiger charge is -2.26. The number of aromatic nitrogens is 1. The molecule has 1 heterocycles. The predicted molar refractivity (Wildman–Crippen MR) is 84.4 cm³/mol. The van der Waals surface area contributed by atoms with E-state index in [4.69, 9.17) is 0 Å². The van der Waals surface area contributed by atoms with Crippen LogP contribution in [0.15, 0.2) is 5.38 Å². The molecule has 118 valence electrons. The molecule has 0 aromatic carbocycles. The Morgan fingerprint density at radius 3 is 3.00 bits per heavy atom. The molecule has 0 spiro atoms. The smallest absolute Gasteiger partial charge is 0.315 e. The molecule has 3 N–H and O–H groups in total. The van der Waals surface area contributed by atoms with Crippen LogP contribution in [0.1, 0.15) is 55.8 Å². The fourth-order valence-corrected chi connectivity index (χ4v) is 3.70. The van der Waals surface area contributed by atoms with Gasteiger partial charge in [-0.25, -0.2) is 9.78 Å². The summed E-state index contributed by atoms with van der Waals surface area (Å²) in [6, 6.07) is -0.171. The lowest BCUT2D eigenvalue weighted by atomic mass is 9.87. The number of amides is 2. The first kappa shape index (κ1) is 16.2. The Labute approximate surface area is 130 Å². The summed E-state index contributed by atoms with van der Waals surface area (Å²) in [5, 5.41) is 18.5. The lowest BCUT2D eigenvalue weighted by molar-refractivity contribution is 0.101. The average Bonchev–Trinajstić information content (AvgIpc) is 2.89. The van der Waals surface area contributed by atoms with E-state index < -0.39 is 0 Å². The standard InChI is InChI=1S/C15H25N3O2S/c1-3-13(14-17-10(2)9-21-14)18-15(20)16-8-11-5-4-6-12(19)7-11/h9,11-13,19H,3-8H2,1-2H3,(H2,16,18,20). The maximum Gasteiger partial charge on any atom is 0.315 e. The molecule has 1 aliphatic rings. The molecule has 0 bridgehead atoms. The third kappa shape index (κ3) is 4.97. The average molecular weight is 311 g/mol. The number of hydrogen-bond donors (Lipinski definition) is 3. The molecule has 5 nitrogen and oxygen atoms in total. The zero-order valence-electron chi connectivity index (χ0n) is 12.8. The first-order chi connectivity index (χ1) is 10.1. The number of rotatable bonds is 5. The topological polar surface area (TPSA) is 74.2 Å². The first-order valence-corrected chi connectivity index (χ1v) is 8.61. The zero-order chi connectivity index (χ0) is 15.2. The number of aliphatic hydroxyl groups is 1. The van der Waals surface area contributed by atoms with E-state index in [1.807, 2.05) is 19.2 Å². The second-order valence-electron chi connectivity index (χ2n) is 5.83. The van der Waals surface area contributed by atoms with E-state index >= 15 is 0 Å². The van der Waals surface area contributed by atoms with E-state index in [1.165, 1.54) is 0 Å². The van der Waals surface area contributed by atoms with Crippen molar-refractivity contribution in [1.82, 2.24) is 15.6 Å². The minimum Gasteiger partial charge on any atom is -0.393 e. The van der Waals surface area contributed by atoms with Crippen molar-refractivity contribution in [3.05, 3.63) is 16.1 Å². The molecule has 2 rings (SSSR count). The van der Waals surface area contributed by atoms with Gasteiger partial charge >= 0.3 is 6.03 Å². The summed E-state index contributed by atoms with van der Waals surface area (Å²) in [6.45, 7) is 4.64. The number of urea groups is 1. The molecule has 3 unspecified atom stereocenters. The van der Waals surface area contributed by atoms with Crippen molar-refractivity contribution in [2.24, 2.45) is 5.92 Å². The number of carbonyl (C=O) groups is 1. The van der Waals surface area contributed by atoms with E-state index in [9.17, 15) is 9.90 Å². The van der Waals surface area contributed by atoms with Crippen LogP contribution in [0.3, 0.4) is 0 Å². The number of nitrogens with zero attached hydrogens (tertiary/aromatic N) is 1. The van der Waals surface area contributed by atoms with Crippen LogP contribution in [0.5, 0.6) is 0 Å². The molecule has 1 aromatic heterocycles. The van der Waals surface area contributed by atoms with Crippen LogP contribution >= 0.6 is 11.3 Å². The van der Waals surface area contributed by atoms with E-state index in [2.05, 4.69) is 15.6 Å². The Morgan fingerprint density at radius 2 is 2.38 bits per heavy atom. The van der Waals surface area contributed by atoms with Gasteiger partial charge in [-0.2, -0.15) is 0 Å². The van der Waals surface area contributed by atoms with Gasteiger partial charge in [-0.15, -0.1) is 11.3 Å². The number of aliphatic hydroxyl groups excluding tert-OH is 1. The molecule has 2 amide bonds. The Morgan fingerprint density at radius 1 is 1.57 bits per heavy atom. The van der Waals surface area contributed by atoms with Crippen molar-refractivity contribution < 1.29 is 9.90 Å². The first-order valence-electron chi connectivity index (χ1n) is 7.73. The summed E-state index contributed by atoms with van der Waals surface area (Å²) in [5.41, 5.74) is 0.992. The summed E-state index contributed by atoms with van der Waals surface area (Å²) >= 11 is 1.58. The highest BCUT2D eigenvalue weighted by Crippen LogP contribution is 2.24. The molecule has 21 heavy (non-hydrogen) atoms. The van der Waals surface area contributed by atoms with Gasteiger partial charge in [-0.3, -0.25) is 0 Å². The fourth-order valence-electron chi connectivity index (χ4n) is 2.76. The van der Waals surface area contributed by atoms with Gasteiger partial charge in [0.1, 0.15) is 5.01 Å². The summed E-state index contributed by atoms with van der Waals surface area (Å²) < 4.78 is 0. The molecule has 1 aromatic rings. The second kappa shape index (κ2) is 7.75. The summed E-state index contributed by atoms with van der Waals surface area (Å²) in [4.78, 5) is 16.4. The maximum atomic E-state index is 12.0. The van der Waals surface area contributed by atoms with Crippen LogP contribution in [0, 0.1) is 12.8 Å². The van der Waals surface area contributed by atoms with Crippen LogP contribution in [0.2, 0.25) is 0 Å². The van der Waals surface area contributed by atoms with Crippen molar-refractivity contribution >= 4 is 17.4 Å². The summed E-state index contributed by atoms with van der Waals surface area (Å²) in [7, 11) is 0. The maximum absolute atomic E-state index is 12.0. The minimum atomic E-state index is -0.199. The molecular formula is C15H25N3O2S. The van der Waals surface area contributed by atoms with Crippen molar-refractivity contribution in [2.45, 2.75) is 58.1 Å². The Balaban J connectivity index is 1.77. The van der Waals surface area contributed by atoms with Gasteiger partial charge in [0.25, 0.3) is 0 Å². The Bertz CT molecular complexity index is 464. The van der Waals surface area contributed by atoms with Gasteiger partial charge in [-0.1, -0.05) is 13.3 Å². The number of hydrogen-bond acceptors (Lipinski definition) is 4. The van der Waals surface area contributed by atoms with Gasteiger partial charge < -0.3 is 15.7 Å². The van der Waals surface area contributed by atoms with Gasteiger partial charge in [0.2, 0.25) is 0 Å². The molecule has 0 aliphatic heterocycles. The highest BCUT2D eigenvalue weighted by atomic mass is 32.1. The number of carbonyl (C=O) groups excluding carboxylic acids is 1.